The van der Waals surface area contributed by atoms with Crippen LogP contribution in [0.5, 0.6) is 0 Å². The number of carbonyl (C=O) groups excluding carboxylic acids is 1. The SMILES string of the molecule is CC(C)CC(=O)N[C@H](C(=O)O)C(C)C. The Balaban J connectivity index is 4.17. The Hall–Kier alpha value is -1.06. The van der Waals surface area contributed by atoms with E-state index in [1.807, 2.05) is 13.8 Å². The van der Waals surface area contributed by atoms with Crippen LogP contribution in [0.3, 0.4) is 0 Å². The molecule has 0 heterocycles. The van der Waals surface area contributed by atoms with E-state index in [9.17, 15) is 9.59 Å². The maximum atomic E-state index is 11.3. The van der Waals surface area contributed by atoms with E-state index < -0.39 is 12.0 Å². The molecule has 1 atom stereocenters. The van der Waals surface area contributed by atoms with E-state index in [2.05, 4.69) is 5.32 Å². The van der Waals surface area contributed by atoms with Crippen LogP contribution in [-0.4, -0.2) is 23.0 Å². The molecule has 0 rings (SSSR count). The van der Waals surface area contributed by atoms with E-state index in [-0.39, 0.29) is 17.7 Å². The van der Waals surface area contributed by atoms with Gasteiger partial charge in [0.15, 0.2) is 0 Å². The molecule has 2 N–H and O–H groups in total. The molecule has 0 saturated carbocycles. The first-order chi connectivity index (χ1) is 6.34. The molecule has 4 nitrogen and oxygen atoms in total. The largest absolute Gasteiger partial charge is 0.480 e. The molecule has 0 unspecified atom stereocenters. The average Bonchev–Trinajstić information content (AvgIpc) is 1.97. The molecule has 1 amide bonds. The van der Waals surface area contributed by atoms with E-state index in [0.29, 0.717) is 6.42 Å². The summed E-state index contributed by atoms with van der Waals surface area (Å²) in [6.07, 6.45) is 0.372. The molecule has 0 aromatic rings. The quantitative estimate of drug-likeness (QED) is 0.703. The molecule has 0 aliphatic heterocycles. The molecule has 0 spiro atoms. The van der Waals surface area contributed by atoms with Gasteiger partial charge in [-0.2, -0.15) is 0 Å². The lowest BCUT2D eigenvalue weighted by molar-refractivity contribution is -0.143. The molecule has 0 aromatic carbocycles. The molecule has 0 aliphatic carbocycles. The Bertz CT molecular complexity index is 211. The number of carboxylic acids is 1. The highest BCUT2D eigenvalue weighted by atomic mass is 16.4. The summed E-state index contributed by atoms with van der Waals surface area (Å²) in [5.74, 6) is -1.02. The number of nitrogens with one attached hydrogen (secondary N) is 1. The molecule has 0 aromatic heterocycles. The van der Waals surface area contributed by atoms with Gasteiger partial charge in [0.25, 0.3) is 0 Å². The zero-order valence-electron chi connectivity index (χ0n) is 9.20. The minimum Gasteiger partial charge on any atom is -0.480 e. The molecular weight excluding hydrogens is 182 g/mol. The highest BCUT2D eigenvalue weighted by Gasteiger charge is 2.23. The van der Waals surface area contributed by atoms with E-state index in [4.69, 9.17) is 5.11 Å². The first-order valence-corrected chi connectivity index (χ1v) is 4.86. The minimum absolute atomic E-state index is 0.0939. The van der Waals surface area contributed by atoms with Crippen LogP contribution in [-0.2, 0) is 9.59 Å². The second-order valence-electron chi connectivity index (χ2n) is 4.23. The Morgan fingerprint density at radius 1 is 1.21 bits per heavy atom. The van der Waals surface area contributed by atoms with Crippen LogP contribution in [0.4, 0.5) is 0 Å². The number of hydrogen-bond acceptors (Lipinski definition) is 2. The van der Waals surface area contributed by atoms with Crippen molar-refractivity contribution in [2.45, 2.75) is 40.2 Å². The van der Waals surface area contributed by atoms with Crippen molar-refractivity contribution < 1.29 is 14.7 Å². The lowest BCUT2D eigenvalue weighted by Crippen LogP contribution is -2.44. The monoisotopic (exact) mass is 201 g/mol. The predicted octanol–water partition coefficient (Wildman–Crippen LogP) is 1.26. The second-order valence-corrected chi connectivity index (χ2v) is 4.23. The van der Waals surface area contributed by atoms with Crippen molar-refractivity contribution in [3.63, 3.8) is 0 Å². The van der Waals surface area contributed by atoms with Crippen LogP contribution in [0.15, 0.2) is 0 Å². The first kappa shape index (κ1) is 12.9. The fraction of sp³-hybridized carbons (Fsp3) is 0.800. The van der Waals surface area contributed by atoms with E-state index >= 15 is 0 Å². The summed E-state index contributed by atoms with van der Waals surface area (Å²) in [5, 5.41) is 11.3. The number of hydrogen-bond donors (Lipinski definition) is 2. The summed E-state index contributed by atoms with van der Waals surface area (Å²) >= 11 is 0. The van der Waals surface area contributed by atoms with Gasteiger partial charge in [0.05, 0.1) is 0 Å². The Morgan fingerprint density at radius 3 is 2.00 bits per heavy atom. The number of carboxylic acid groups (broad SMARTS) is 1. The average molecular weight is 201 g/mol. The molecule has 0 bridgehead atoms. The van der Waals surface area contributed by atoms with Gasteiger partial charge in [0.1, 0.15) is 6.04 Å². The third-order valence-electron chi connectivity index (χ3n) is 1.84. The van der Waals surface area contributed by atoms with Gasteiger partial charge in [-0.05, 0) is 11.8 Å². The van der Waals surface area contributed by atoms with Crippen LogP contribution in [0, 0.1) is 11.8 Å². The zero-order valence-corrected chi connectivity index (χ0v) is 9.20. The van der Waals surface area contributed by atoms with Crippen LogP contribution >= 0.6 is 0 Å². The number of aliphatic carboxylic acids is 1. The third-order valence-corrected chi connectivity index (χ3v) is 1.84. The topological polar surface area (TPSA) is 66.4 Å². The molecule has 82 valence electrons. The Morgan fingerprint density at radius 2 is 1.71 bits per heavy atom. The van der Waals surface area contributed by atoms with Crippen molar-refractivity contribution in [1.29, 1.82) is 0 Å². The van der Waals surface area contributed by atoms with Gasteiger partial charge in [0.2, 0.25) is 5.91 Å². The zero-order chi connectivity index (χ0) is 11.3. The summed E-state index contributed by atoms with van der Waals surface area (Å²) in [7, 11) is 0. The maximum Gasteiger partial charge on any atom is 0.326 e. The van der Waals surface area contributed by atoms with Crippen molar-refractivity contribution in [2.75, 3.05) is 0 Å². The molecule has 0 radical (unpaired) electrons. The fourth-order valence-electron chi connectivity index (χ4n) is 1.12. The van der Waals surface area contributed by atoms with E-state index in [0.717, 1.165) is 0 Å². The van der Waals surface area contributed by atoms with Crippen molar-refractivity contribution >= 4 is 11.9 Å². The third kappa shape index (κ3) is 4.84. The summed E-state index contributed by atoms with van der Waals surface area (Å²) in [6, 6.07) is -0.777. The van der Waals surface area contributed by atoms with E-state index in [1.165, 1.54) is 0 Å². The Labute approximate surface area is 84.7 Å². The predicted molar refractivity (Wildman–Crippen MR) is 53.9 cm³/mol. The first-order valence-electron chi connectivity index (χ1n) is 4.86. The van der Waals surface area contributed by atoms with Crippen molar-refractivity contribution in [3.05, 3.63) is 0 Å². The van der Waals surface area contributed by atoms with Gasteiger partial charge in [-0.3, -0.25) is 4.79 Å². The van der Waals surface area contributed by atoms with Gasteiger partial charge in [-0.15, -0.1) is 0 Å². The maximum absolute atomic E-state index is 11.3. The summed E-state index contributed by atoms with van der Waals surface area (Å²) < 4.78 is 0. The van der Waals surface area contributed by atoms with Crippen LogP contribution in [0.2, 0.25) is 0 Å². The van der Waals surface area contributed by atoms with Crippen LogP contribution in [0.25, 0.3) is 0 Å². The van der Waals surface area contributed by atoms with Gasteiger partial charge in [0, 0.05) is 6.42 Å². The lowest BCUT2D eigenvalue weighted by Gasteiger charge is -2.18. The molecule has 0 fully saturated rings. The number of rotatable bonds is 5. The summed E-state index contributed by atoms with van der Waals surface area (Å²) in [4.78, 5) is 22.0. The van der Waals surface area contributed by atoms with Gasteiger partial charge >= 0.3 is 5.97 Å². The minimum atomic E-state index is -0.975. The molecule has 14 heavy (non-hydrogen) atoms. The Kier molecular flexibility index (Phi) is 5.20. The fourth-order valence-corrected chi connectivity index (χ4v) is 1.12. The smallest absolute Gasteiger partial charge is 0.326 e. The summed E-state index contributed by atoms with van der Waals surface area (Å²) in [6.45, 7) is 7.39. The van der Waals surface area contributed by atoms with E-state index in [1.54, 1.807) is 13.8 Å². The van der Waals surface area contributed by atoms with Gasteiger partial charge in [-0.1, -0.05) is 27.7 Å². The highest BCUT2D eigenvalue weighted by Crippen LogP contribution is 2.04. The van der Waals surface area contributed by atoms with Crippen molar-refractivity contribution in [2.24, 2.45) is 11.8 Å². The number of amides is 1. The molecule has 0 aliphatic rings. The summed E-state index contributed by atoms with van der Waals surface area (Å²) in [5.41, 5.74) is 0. The second kappa shape index (κ2) is 5.62. The van der Waals surface area contributed by atoms with Crippen LogP contribution in [0.1, 0.15) is 34.1 Å². The van der Waals surface area contributed by atoms with Crippen molar-refractivity contribution in [1.82, 2.24) is 5.32 Å². The number of carbonyl (C=O) groups is 2. The molecule has 0 saturated heterocycles. The normalized spacial score (nSPS) is 13.0. The van der Waals surface area contributed by atoms with Crippen LogP contribution < -0.4 is 5.32 Å². The lowest BCUT2D eigenvalue weighted by atomic mass is 10.0. The van der Waals surface area contributed by atoms with Gasteiger partial charge < -0.3 is 10.4 Å². The highest BCUT2D eigenvalue weighted by molar-refractivity contribution is 5.83. The standard InChI is InChI=1S/C10H19NO3/c1-6(2)5-8(12)11-9(7(3)4)10(13)14/h6-7,9H,5H2,1-4H3,(H,11,12)(H,13,14)/t9-/m0/s1. The van der Waals surface area contributed by atoms with Gasteiger partial charge in [-0.25, -0.2) is 4.79 Å². The molecule has 4 heteroatoms. The van der Waals surface area contributed by atoms with Crippen molar-refractivity contribution in [3.8, 4) is 0 Å². The molecular formula is C10H19NO3.